The highest BCUT2D eigenvalue weighted by Crippen LogP contribution is 2.55. The van der Waals surface area contributed by atoms with Crippen molar-refractivity contribution in [1.82, 2.24) is 19.6 Å². The summed E-state index contributed by atoms with van der Waals surface area (Å²) in [7, 11) is 0. The highest BCUT2D eigenvalue weighted by Gasteiger charge is 2.55. The van der Waals surface area contributed by atoms with Gasteiger partial charge in [-0.2, -0.15) is 5.10 Å². The van der Waals surface area contributed by atoms with Gasteiger partial charge in [0.1, 0.15) is 0 Å². The van der Waals surface area contributed by atoms with Crippen LogP contribution in [0.4, 0.5) is 11.5 Å². The molecule has 0 atom stereocenters. The molecule has 3 N–H and O–H groups in total. The van der Waals surface area contributed by atoms with E-state index < -0.39 is 0 Å². The van der Waals surface area contributed by atoms with Crippen LogP contribution in [0.5, 0.6) is 0 Å². The van der Waals surface area contributed by atoms with Gasteiger partial charge in [-0.15, -0.1) is 0 Å². The second kappa shape index (κ2) is 9.60. The number of anilines is 2. The molecular formula is C30H40ClN7O2. The predicted molar refractivity (Wildman–Crippen MR) is 160 cm³/mol. The van der Waals surface area contributed by atoms with E-state index in [0.29, 0.717) is 22.3 Å². The number of carbonyl (C=O) groups is 1. The lowest BCUT2D eigenvalue weighted by Crippen LogP contribution is -2.64. The van der Waals surface area contributed by atoms with E-state index in [1.54, 1.807) is 0 Å². The van der Waals surface area contributed by atoms with Gasteiger partial charge in [-0.05, 0) is 58.2 Å². The van der Waals surface area contributed by atoms with Crippen molar-refractivity contribution >= 4 is 35.2 Å². The lowest BCUT2D eigenvalue weighted by atomic mass is 9.60. The largest absolute Gasteiger partial charge is 0.398 e. The number of nitrogens with zero attached hydrogens (tertiary/aromatic N) is 5. The summed E-state index contributed by atoms with van der Waals surface area (Å²) in [5, 5.41) is 14.2. The lowest BCUT2D eigenvalue weighted by molar-refractivity contribution is -0.149. The number of carbonyl (C=O) groups excluding carboxylic acids is 1. The molecule has 4 aliphatic rings. The average Bonchev–Trinajstić information content (AvgIpc) is 3.13. The molecule has 40 heavy (non-hydrogen) atoms. The Bertz CT molecular complexity index is 1380. The summed E-state index contributed by atoms with van der Waals surface area (Å²) in [5.74, 6) is 0.912. The van der Waals surface area contributed by atoms with Gasteiger partial charge in [0.25, 0.3) is 0 Å². The molecule has 4 fully saturated rings. The van der Waals surface area contributed by atoms with Crippen LogP contribution in [0.2, 0.25) is 5.02 Å². The monoisotopic (exact) mass is 565 g/mol. The molecule has 1 amide bonds. The van der Waals surface area contributed by atoms with Crippen LogP contribution in [0.15, 0.2) is 18.7 Å². The lowest BCUT2D eigenvalue weighted by Gasteiger charge is -2.58. The minimum absolute atomic E-state index is 0.00889. The predicted octanol–water partition coefficient (Wildman–Crippen LogP) is 4.05. The zero-order valence-corrected chi connectivity index (χ0v) is 24.7. The number of aromatic nitrogens is 2. The van der Waals surface area contributed by atoms with E-state index in [2.05, 4.69) is 41.8 Å². The SMILES string of the molecule is C=CC(=O)N1CC2(CC(n3nc(N4CCN(C5COC5)CC4(C)C)c(-c4c(Cl)c(C)cc(N)c4C=N)c3C)C2)C1. The molecule has 1 spiro atoms. The minimum Gasteiger partial charge on any atom is -0.398 e. The second-order valence-corrected chi connectivity index (χ2v) is 13.2. The third kappa shape index (κ3) is 4.16. The number of nitrogens with one attached hydrogen (secondary N) is 1. The molecule has 6 rings (SSSR count). The Balaban J connectivity index is 1.40. The highest BCUT2D eigenvalue weighted by molar-refractivity contribution is 6.35. The Labute approximate surface area is 241 Å². The van der Waals surface area contributed by atoms with Crippen LogP contribution in [0.1, 0.15) is 49.6 Å². The van der Waals surface area contributed by atoms with Gasteiger partial charge in [0.2, 0.25) is 5.91 Å². The van der Waals surface area contributed by atoms with Crippen molar-refractivity contribution < 1.29 is 9.53 Å². The minimum atomic E-state index is -0.179. The van der Waals surface area contributed by atoms with E-state index in [-0.39, 0.29) is 22.9 Å². The van der Waals surface area contributed by atoms with E-state index in [0.717, 1.165) is 87.0 Å². The number of aryl methyl sites for hydroxylation is 1. The standard InChI is InChI=1S/C30H40ClN7O2/c1-6-24(39)36-16-30(17-36)10-20(11-30)38-19(3)25(26-22(12-32)23(33)9-18(2)27(26)31)28(34-38)37-8-7-35(15-29(37,4)5)21-13-40-14-21/h6,9,12,20-21,32H,1,7-8,10-11,13-17,33H2,2-5H3. The quantitative estimate of drug-likeness (QED) is 0.311. The summed E-state index contributed by atoms with van der Waals surface area (Å²) < 4.78 is 7.66. The summed E-state index contributed by atoms with van der Waals surface area (Å²) in [6, 6.07) is 2.57. The summed E-state index contributed by atoms with van der Waals surface area (Å²) in [4.78, 5) is 18.9. The number of piperazine rings is 1. The first-order valence-electron chi connectivity index (χ1n) is 14.2. The Morgan fingerprint density at radius 2 is 1.88 bits per heavy atom. The summed E-state index contributed by atoms with van der Waals surface area (Å²) in [6.45, 7) is 18.1. The summed E-state index contributed by atoms with van der Waals surface area (Å²) >= 11 is 7.02. The van der Waals surface area contributed by atoms with Crippen molar-refractivity contribution in [2.75, 3.05) is 56.6 Å². The number of amides is 1. The van der Waals surface area contributed by atoms with Crippen LogP contribution in [-0.4, -0.2) is 89.2 Å². The molecule has 4 heterocycles. The van der Waals surface area contributed by atoms with E-state index in [1.165, 1.54) is 12.3 Å². The van der Waals surface area contributed by atoms with Crippen molar-refractivity contribution in [1.29, 1.82) is 5.41 Å². The molecule has 1 aromatic heterocycles. The topological polar surface area (TPSA) is 104 Å². The molecule has 1 aliphatic carbocycles. The van der Waals surface area contributed by atoms with E-state index in [4.69, 9.17) is 32.6 Å². The number of nitrogen functional groups attached to an aromatic ring is 1. The number of hydrogen-bond acceptors (Lipinski definition) is 7. The van der Waals surface area contributed by atoms with Crippen LogP contribution in [0, 0.1) is 24.7 Å². The first-order valence-corrected chi connectivity index (χ1v) is 14.6. The van der Waals surface area contributed by atoms with Gasteiger partial charge >= 0.3 is 0 Å². The molecule has 0 bridgehead atoms. The number of benzene rings is 1. The van der Waals surface area contributed by atoms with Gasteiger partial charge < -0.3 is 25.7 Å². The zero-order valence-electron chi connectivity index (χ0n) is 24.0. The van der Waals surface area contributed by atoms with E-state index in [9.17, 15) is 4.79 Å². The highest BCUT2D eigenvalue weighted by atomic mass is 35.5. The Morgan fingerprint density at radius 1 is 1.18 bits per heavy atom. The molecule has 10 heteroatoms. The Morgan fingerprint density at radius 3 is 2.45 bits per heavy atom. The molecule has 3 aliphatic heterocycles. The molecule has 214 valence electrons. The smallest absolute Gasteiger partial charge is 0.245 e. The summed E-state index contributed by atoms with van der Waals surface area (Å²) in [6.07, 6.45) is 4.68. The number of hydrogen-bond donors (Lipinski definition) is 2. The fraction of sp³-hybridized carbons (Fsp3) is 0.567. The fourth-order valence-electron chi connectivity index (χ4n) is 7.32. The Kier molecular flexibility index (Phi) is 6.55. The van der Waals surface area contributed by atoms with Crippen molar-refractivity contribution in [2.45, 2.75) is 58.2 Å². The van der Waals surface area contributed by atoms with Crippen LogP contribution in [-0.2, 0) is 9.53 Å². The molecule has 3 saturated heterocycles. The van der Waals surface area contributed by atoms with Crippen LogP contribution >= 0.6 is 11.6 Å². The van der Waals surface area contributed by atoms with Crippen molar-refractivity contribution in [3.05, 3.63) is 40.6 Å². The van der Waals surface area contributed by atoms with Crippen molar-refractivity contribution in [3.63, 3.8) is 0 Å². The van der Waals surface area contributed by atoms with Crippen LogP contribution in [0.3, 0.4) is 0 Å². The van der Waals surface area contributed by atoms with Crippen molar-refractivity contribution in [3.8, 4) is 11.1 Å². The normalized spacial score (nSPS) is 22.5. The number of nitrogens with two attached hydrogens (primary N) is 1. The summed E-state index contributed by atoms with van der Waals surface area (Å²) in [5.41, 5.74) is 11.3. The maximum atomic E-state index is 12.0. The first-order chi connectivity index (χ1) is 19.0. The number of likely N-dealkylation sites (tertiary alicyclic amines) is 1. The molecule has 0 radical (unpaired) electrons. The van der Waals surface area contributed by atoms with Crippen LogP contribution < -0.4 is 10.6 Å². The van der Waals surface area contributed by atoms with Gasteiger partial charge in [0.15, 0.2) is 5.82 Å². The molecule has 2 aromatic rings. The number of halogens is 1. The molecule has 0 unspecified atom stereocenters. The maximum Gasteiger partial charge on any atom is 0.245 e. The van der Waals surface area contributed by atoms with Crippen LogP contribution in [0.25, 0.3) is 11.1 Å². The first kappa shape index (κ1) is 27.3. The second-order valence-electron chi connectivity index (χ2n) is 12.8. The van der Waals surface area contributed by atoms with Gasteiger partial charge in [-0.3, -0.25) is 14.4 Å². The molecule has 1 saturated carbocycles. The van der Waals surface area contributed by atoms with E-state index in [1.807, 2.05) is 17.9 Å². The number of ether oxygens (including phenoxy) is 1. The third-order valence-electron chi connectivity index (χ3n) is 9.59. The third-order valence-corrected chi connectivity index (χ3v) is 10.1. The average molecular weight is 566 g/mol. The maximum absolute atomic E-state index is 12.0. The number of rotatable bonds is 6. The van der Waals surface area contributed by atoms with Gasteiger partial charge in [0.05, 0.1) is 30.3 Å². The van der Waals surface area contributed by atoms with Gasteiger partial charge in [0, 0.05) is 78.0 Å². The van der Waals surface area contributed by atoms with Gasteiger partial charge in [-0.25, -0.2) is 0 Å². The van der Waals surface area contributed by atoms with Gasteiger partial charge in [-0.1, -0.05) is 18.2 Å². The molecular weight excluding hydrogens is 526 g/mol. The van der Waals surface area contributed by atoms with E-state index >= 15 is 0 Å². The van der Waals surface area contributed by atoms with Crippen molar-refractivity contribution in [2.24, 2.45) is 5.41 Å². The molecule has 1 aromatic carbocycles. The Hall–Kier alpha value is -2.88. The fourth-order valence-corrected chi connectivity index (χ4v) is 7.58. The molecule has 9 nitrogen and oxygen atoms in total. The zero-order chi connectivity index (χ0) is 28.6.